The van der Waals surface area contributed by atoms with E-state index in [2.05, 4.69) is 125 Å². The molecule has 8 aromatic rings. The Labute approximate surface area is 214 Å². The topological polar surface area (TPSA) is 17.8 Å². The number of fused-ring (bicyclic) bond motifs is 10. The Morgan fingerprint density at radius 2 is 1.08 bits per heavy atom. The fraction of sp³-hybridized carbons (Fsp3) is 0. The first-order chi connectivity index (χ1) is 18.4. The van der Waals surface area contributed by atoms with Gasteiger partial charge in [-0.1, -0.05) is 97.1 Å². The van der Waals surface area contributed by atoms with Crippen molar-refractivity contribution in [1.29, 1.82) is 0 Å². The molecule has 8 rings (SSSR count). The Hall–Kier alpha value is -4.95. The van der Waals surface area contributed by atoms with Gasteiger partial charge in [0.25, 0.3) is 0 Å². The lowest BCUT2D eigenvalue weighted by molar-refractivity contribution is 1.18. The van der Waals surface area contributed by atoms with Gasteiger partial charge in [0.1, 0.15) is 0 Å². The number of pyridine rings is 1. The van der Waals surface area contributed by atoms with Crippen LogP contribution in [0.5, 0.6) is 0 Å². The van der Waals surface area contributed by atoms with Gasteiger partial charge in [0.2, 0.25) is 0 Å². The van der Waals surface area contributed by atoms with Crippen molar-refractivity contribution in [1.82, 2.24) is 9.55 Å². The molecule has 0 aliphatic carbocycles. The molecular weight excluding hydrogens is 448 g/mol. The quantitative estimate of drug-likeness (QED) is 0.230. The molecule has 0 unspecified atom stereocenters. The number of nitrogens with zero attached hydrogens (tertiary/aromatic N) is 2. The molecule has 2 aromatic heterocycles. The second kappa shape index (κ2) is 7.78. The Kier molecular flexibility index (Phi) is 4.26. The van der Waals surface area contributed by atoms with Crippen LogP contribution in [0.1, 0.15) is 0 Å². The van der Waals surface area contributed by atoms with Crippen LogP contribution >= 0.6 is 0 Å². The van der Waals surface area contributed by atoms with Crippen molar-refractivity contribution in [2.45, 2.75) is 0 Å². The molecule has 6 aromatic carbocycles. The summed E-state index contributed by atoms with van der Waals surface area (Å²) >= 11 is 0. The van der Waals surface area contributed by atoms with E-state index in [1.807, 2.05) is 18.3 Å². The SMILES string of the molecule is c1ccc(-c2cccc(-n3c4ccccc4c4ccc5c6ccccc6c6ccccc6c5c43)c2)nc1. The Morgan fingerprint density at radius 3 is 1.84 bits per heavy atom. The first-order valence-electron chi connectivity index (χ1n) is 12.7. The van der Waals surface area contributed by atoms with Gasteiger partial charge >= 0.3 is 0 Å². The molecule has 0 amide bonds. The lowest BCUT2D eigenvalue weighted by Crippen LogP contribution is -1.96. The van der Waals surface area contributed by atoms with Crippen LogP contribution in [0.4, 0.5) is 0 Å². The number of para-hydroxylation sites is 1. The van der Waals surface area contributed by atoms with E-state index in [0.717, 1.165) is 16.9 Å². The highest BCUT2D eigenvalue weighted by molar-refractivity contribution is 6.33. The minimum atomic E-state index is 0.978. The molecule has 0 spiro atoms. The Balaban J connectivity index is 1.60. The first kappa shape index (κ1) is 20.3. The van der Waals surface area contributed by atoms with Crippen molar-refractivity contribution in [2.24, 2.45) is 0 Å². The van der Waals surface area contributed by atoms with Crippen molar-refractivity contribution >= 4 is 54.1 Å². The van der Waals surface area contributed by atoms with Gasteiger partial charge in [-0.25, -0.2) is 0 Å². The maximum absolute atomic E-state index is 4.61. The molecule has 0 aliphatic rings. The van der Waals surface area contributed by atoms with E-state index in [0.29, 0.717) is 0 Å². The van der Waals surface area contributed by atoms with E-state index in [-0.39, 0.29) is 0 Å². The zero-order valence-electron chi connectivity index (χ0n) is 20.1. The number of hydrogen-bond acceptors (Lipinski definition) is 1. The van der Waals surface area contributed by atoms with Gasteiger partial charge < -0.3 is 4.57 Å². The van der Waals surface area contributed by atoms with Gasteiger partial charge in [-0.05, 0) is 57.3 Å². The molecule has 0 saturated carbocycles. The number of rotatable bonds is 2. The van der Waals surface area contributed by atoms with Crippen molar-refractivity contribution in [2.75, 3.05) is 0 Å². The summed E-state index contributed by atoms with van der Waals surface area (Å²) in [4.78, 5) is 4.61. The van der Waals surface area contributed by atoms with Gasteiger partial charge in [-0.15, -0.1) is 0 Å². The van der Waals surface area contributed by atoms with Gasteiger partial charge in [-0.3, -0.25) is 4.98 Å². The molecule has 2 heteroatoms. The van der Waals surface area contributed by atoms with Crippen LogP contribution in [0.25, 0.3) is 71.1 Å². The summed E-state index contributed by atoms with van der Waals surface area (Å²) in [6, 6.07) is 45.8. The summed E-state index contributed by atoms with van der Waals surface area (Å²) < 4.78 is 2.45. The van der Waals surface area contributed by atoms with Crippen LogP contribution in [0.15, 0.2) is 134 Å². The third-order valence-electron chi connectivity index (χ3n) is 7.61. The maximum atomic E-state index is 4.61. The van der Waals surface area contributed by atoms with Gasteiger partial charge in [0.05, 0.1) is 16.7 Å². The molecule has 37 heavy (non-hydrogen) atoms. The second-order valence-corrected chi connectivity index (χ2v) is 9.59. The van der Waals surface area contributed by atoms with E-state index in [9.17, 15) is 0 Å². The Bertz CT molecular complexity index is 2100. The summed E-state index contributed by atoms with van der Waals surface area (Å²) in [5.74, 6) is 0. The van der Waals surface area contributed by atoms with E-state index >= 15 is 0 Å². The minimum absolute atomic E-state index is 0.978. The molecule has 0 atom stereocenters. The molecule has 0 radical (unpaired) electrons. The third kappa shape index (κ3) is 2.90. The van der Waals surface area contributed by atoms with Crippen LogP contribution in [0.3, 0.4) is 0 Å². The predicted molar refractivity (Wildman–Crippen MR) is 157 cm³/mol. The largest absolute Gasteiger partial charge is 0.309 e. The highest BCUT2D eigenvalue weighted by Gasteiger charge is 2.18. The Morgan fingerprint density at radius 1 is 0.459 bits per heavy atom. The molecule has 0 aliphatic heterocycles. The van der Waals surface area contributed by atoms with E-state index in [4.69, 9.17) is 0 Å². The molecule has 2 nitrogen and oxygen atoms in total. The summed E-state index contributed by atoms with van der Waals surface area (Å²) in [5.41, 5.74) is 5.68. The molecule has 0 saturated heterocycles. The van der Waals surface area contributed by atoms with Crippen LogP contribution < -0.4 is 0 Å². The van der Waals surface area contributed by atoms with Crippen LogP contribution in [0, 0.1) is 0 Å². The zero-order valence-corrected chi connectivity index (χ0v) is 20.1. The average Bonchev–Trinajstić information content (AvgIpc) is 3.32. The number of benzene rings is 6. The molecule has 0 N–H and O–H groups in total. The maximum Gasteiger partial charge on any atom is 0.0702 e. The fourth-order valence-corrected chi connectivity index (χ4v) is 6.05. The monoisotopic (exact) mass is 470 g/mol. The van der Waals surface area contributed by atoms with Gasteiger partial charge in [0.15, 0.2) is 0 Å². The van der Waals surface area contributed by atoms with Crippen molar-refractivity contribution < 1.29 is 0 Å². The molecule has 2 heterocycles. The van der Waals surface area contributed by atoms with Gasteiger partial charge in [-0.2, -0.15) is 0 Å². The summed E-state index contributed by atoms with van der Waals surface area (Å²) in [7, 11) is 0. The lowest BCUT2D eigenvalue weighted by atomic mass is 9.93. The highest BCUT2D eigenvalue weighted by Crippen LogP contribution is 2.43. The first-order valence-corrected chi connectivity index (χ1v) is 12.7. The normalized spacial score (nSPS) is 11.8. The van der Waals surface area contributed by atoms with Crippen molar-refractivity contribution in [3.8, 4) is 16.9 Å². The van der Waals surface area contributed by atoms with Crippen LogP contribution in [-0.2, 0) is 0 Å². The summed E-state index contributed by atoms with van der Waals surface area (Å²) in [5, 5.41) is 10.3. The average molecular weight is 471 g/mol. The van der Waals surface area contributed by atoms with Gasteiger partial charge in [0, 0.05) is 33.6 Å². The smallest absolute Gasteiger partial charge is 0.0702 e. The molecular formula is C35H22N2. The van der Waals surface area contributed by atoms with Crippen molar-refractivity contribution in [3.05, 3.63) is 134 Å². The molecule has 0 bridgehead atoms. The minimum Gasteiger partial charge on any atom is -0.309 e. The molecule has 0 fully saturated rings. The standard InChI is InChI=1S/C35H22N2/c1-2-14-27-25(12-1)26-13-3-4-16-29(26)34-30(27)19-20-31-28-15-5-6-18-33(28)37(35(31)34)24-11-9-10-23(22-24)32-17-7-8-21-36-32/h1-22H. The van der Waals surface area contributed by atoms with E-state index < -0.39 is 0 Å². The van der Waals surface area contributed by atoms with Crippen LogP contribution in [-0.4, -0.2) is 9.55 Å². The predicted octanol–water partition coefficient (Wildman–Crippen LogP) is 9.31. The van der Waals surface area contributed by atoms with Crippen molar-refractivity contribution in [3.63, 3.8) is 0 Å². The van der Waals surface area contributed by atoms with E-state index in [1.165, 1.54) is 54.1 Å². The summed E-state index contributed by atoms with van der Waals surface area (Å²) in [6.07, 6.45) is 1.85. The number of aromatic nitrogens is 2. The van der Waals surface area contributed by atoms with E-state index in [1.54, 1.807) is 0 Å². The highest BCUT2D eigenvalue weighted by atomic mass is 15.0. The lowest BCUT2D eigenvalue weighted by Gasteiger charge is -2.15. The summed E-state index contributed by atoms with van der Waals surface area (Å²) in [6.45, 7) is 0. The third-order valence-corrected chi connectivity index (χ3v) is 7.61. The van der Waals surface area contributed by atoms with Crippen LogP contribution in [0.2, 0.25) is 0 Å². The second-order valence-electron chi connectivity index (χ2n) is 9.59. The number of hydrogen-bond donors (Lipinski definition) is 0. The zero-order chi connectivity index (χ0) is 24.3. The molecule has 172 valence electrons. The fourth-order valence-electron chi connectivity index (χ4n) is 6.05.